The first kappa shape index (κ1) is 14.1. The van der Waals surface area contributed by atoms with E-state index in [1.54, 1.807) is 16.2 Å². The van der Waals surface area contributed by atoms with E-state index in [9.17, 15) is 4.79 Å². The fourth-order valence-corrected chi connectivity index (χ4v) is 2.97. The lowest BCUT2D eigenvalue weighted by Gasteiger charge is -2.16. The topological polar surface area (TPSA) is 32.3 Å². The van der Waals surface area contributed by atoms with Crippen molar-refractivity contribution < 1.29 is 4.79 Å². The lowest BCUT2D eigenvalue weighted by molar-refractivity contribution is 0.0785. The van der Waals surface area contributed by atoms with Gasteiger partial charge in [0, 0.05) is 31.9 Å². The number of anilines is 1. The molecule has 2 aromatic rings. The van der Waals surface area contributed by atoms with Crippen LogP contribution in [0.1, 0.15) is 15.9 Å². The first-order valence-electron chi connectivity index (χ1n) is 5.86. The van der Waals surface area contributed by atoms with Gasteiger partial charge in [0.05, 0.1) is 3.79 Å². The molecule has 1 aromatic heterocycles. The molecule has 0 saturated heterocycles. The molecule has 1 heterocycles. The minimum Gasteiger partial charge on any atom is -0.388 e. The van der Waals surface area contributed by atoms with Gasteiger partial charge in [-0.2, -0.15) is 0 Å². The number of hydrogen-bond acceptors (Lipinski definition) is 3. The molecule has 0 atom stereocenters. The van der Waals surface area contributed by atoms with E-state index in [0.717, 1.165) is 15.0 Å². The smallest absolute Gasteiger partial charge is 0.253 e. The molecule has 1 amide bonds. The van der Waals surface area contributed by atoms with Crippen LogP contribution in [0.5, 0.6) is 0 Å². The van der Waals surface area contributed by atoms with E-state index in [4.69, 9.17) is 0 Å². The van der Waals surface area contributed by atoms with Crippen molar-refractivity contribution in [2.24, 2.45) is 0 Å². The number of thiophene rings is 1. The van der Waals surface area contributed by atoms with Crippen molar-refractivity contribution in [2.45, 2.75) is 6.54 Å². The van der Waals surface area contributed by atoms with Gasteiger partial charge in [-0.1, -0.05) is 0 Å². The second kappa shape index (κ2) is 6.21. The third kappa shape index (κ3) is 3.58. The molecule has 0 spiro atoms. The van der Waals surface area contributed by atoms with Gasteiger partial charge in [0.25, 0.3) is 5.91 Å². The van der Waals surface area contributed by atoms with Gasteiger partial charge in [-0.25, -0.2) is 0 Å². The van der Waals surface area contributed by atoms with E-state index in [2.05, 4.69) is 26.6 Å². The first-order chi connectivity index (χ1) is 9.10. The first-order valence-corrected chi connectivity index (χ1v) is 7.53. The van der Waals surface area contributed by atoms with Gasteiger partial charge in [0.1, 0.15) is 0 Å². The molecule has 0 aliphatic heterocycles. The lowest BCUT2D eigenvalue weighted by Crippen LogP contribution is -2.25. The average molecular weight is 339 g/mol. The molecule has 0 fully saturated rings. The van der Waals surface area contributed by atoms with Crippen molar-refractivity contribution in [3.05, 3.63) is 50.6 Å². The van der Waals surface area contributed by atoms with Crippen LogP contribution in [0.2, 0.25) is 0 Å². The molecule has 3 nitrogen and oxygen atoms in total. The van der Waals surface area contributed by atoms with Crippen LogP contribution in [0.4, 0.5) is 5.69 Å². The summed E-state index contributed by atoms with van der Waals surface area (Å²) >= 11 is 5.06. The number of rotatable bonds is 4. The molecule has 19 heavy (non-hydrogen) atoms. The minimum absolute atomic E-state index is 0.0324. The molecule has 0 aliphatic carbocycles. The van der Waals surface area contributed by atoms with Crippen LogP contribution in [0.3, 0.4) is 0 Å². The Morgan fingerprint density at radius 2 is 2.05 bits per heavy atom. The Labute approximate surface area is 125 Å². The normalized spacial score (nSPS) is 10.3. The van der Waals surface area contributed by atoms with Crippen molar-refractivity contribution in [1.29, 1.82) is 0 Å². The summed E-state index contributed by atoms with van der Waals surface area (Å²) in [7, 11) is 3.68. The van der Waals surface area contributed by atoms with Gasteiger partial charge < -0.3 is 10.2 Å². The zero-order valence-electron chi connectivity index (χ0n) is 10.8. The second-order valence-corrected chi connectivity index (χ2v) is 6.54. The van der Waals surface area contributed by atoms with Crippen molar-refractivity contribution in [3.8, 4) is 0 Å². The third-order valence-corrected chi connectivity index (χ3v) is 4.36. The molecule has 5 heteroatoms. The predicted molar refractivity (Wildman–Crippen MR) is 83.8 cm³/mol. The van der Waals surface area contributed by atoms with Crippen molar-refractivity contribution in [2.75, 3.05) is 19.4 Å². The van der Waals surface area contributed by atoms with Gasteiger partial charge in [-0.15, -0.1) is 11.3 Å². The number of nitrogens with zero attached hydrogens (tertiary/aromatic N) is 1. The van der Waals surface area contributed by atoms with Gasteiger partial charge in [-0.05, 0) is 57.2 Å². The van der Waals surface area contributed by atoms with Crippen molar-refractivity contribution in [3.63, 3.8) is 0 Å². The zero-order valence-corrected chi connectivity index (χ0v) is 13.2. The Hall–Kier alpha value is -1.33. The SMILES string of the molecule is CNc1ccc(C(=O)N(C)Cc2csc(Br)c2)cc1. The van der Waals surface area contributed by atoms with Crippen LogP contribution in [0.15, 0.2) is 39.5 Å². The molecule has 0 bridgehead atoms. The fourth-order valence-electron chi connectivity index (χ4n) is 1.77. The number of hydrogen-bond donors (Lipinski definition) is 1. The molecule has 1 N–H and O–H groups in total. The molecule has 1 aromatic carbocycles. The molecular weight excluding hydrogens is 324 g/mol. The average Bonchev–Trinajstić information content (AvgIpc) is 2.83. The van der Waals surface area contributed by atoms with E-state index >= 15 is 0 Å². The molecule has 2 rings (SSSR count). The number of carbonyl (C=O) groups is 1. The summed E-state index contributed by atoms with van der Waals surface area (Å²) in [6.45, 7) is 0.620. The summed E-state index contributed by atoms with van der Waals surface area (Å²) in [6, 6.07) is 9.53. The number of amides is 1. The largest absolute Gasteiger partial charge is 0.388 e. The van der Waals surface area contributed by atoms with Crippen LogP contribution in [0.25, 0.3) is 0 Å². The van der Waals surface area contributed by atoms with Gasteiger partial charge in [-0.3, -0.25) is 4.79 Å². The summed E-state index contributed by atoms with van der Waals surface area (Å²) in [4.78, 5) is 14.0. The van der Waals surface area contributed by atoms with E-state index in [0.29, 0.717) is 12.1 Å². The Morgan fingerprint density at radius 3 is 2.58 bits per heavy atom. The van der Waals surface area contributed by atoms with Gasteiger partial charge in [0.2, 0.25) is 0 Å². The molecule has 0 aliphatic rings. The zero-order chi connectivity index (χ0) is 13.8. The molecule has 0 saturated carbocycles. The van der Waals surface area contributed by atoms with E-state index in [1.165, 1.54) is 0 Å². The Balaban J connectivity index is 2.05. The molecule has 100 valence electrons. The van der Waals surface area contributed by atoms with E-state index in [1.807, 2.05) is 44.4 Å². The standard InChI is InChI=1S/C14H15BrN2OS/c1-16-12-5-3-11(4-6-12)14(18)17(2)8-10-7-13(15)19-9-10/h3-7,9,16H,8H2,1-2H3. The molecule has 0 radical (unpaired) electrons. The van der Waals surface area contributed by atoms with Gasteiger partial charge in [0.15, 0.2) is 0 Å². The van der Waals surface area contributed by atoms with Crippen molar-refractivity contribution >= 4 is 38.9 Å². The second-order valence-electron chi connectivity index (χ2n) is 4.25. The quantitative estimate of drug-likeness (QED) is 0.918. The number of benzene rings is 1. The van der Waals surface area contributed by atoms with Crippen LogP contribution < -0.4 is 5.32 Å². The summed E-state index contributed by atoms with van der Waals surface area (Å²) in [5, 5.41) is 5.09. The summed E-state index contributed by atoms with van der Waals surface area (Å²) in [5.41, 5.74) is 2.84. The Kier molecular flexibility index (Phi) is 4.61. The van der Waals surface area contributed by atoms with Crippen molar-refractivity contribution in [1.82, 2.24) is 4.90 Å². The minimum atomic E-state index is 0.0324. The molecular formula is C14H15BrN2OS. The highest BCUT2D eigenvalue weighted by molar-refractivity contribution is 9.11. The van der Waals surface area contributed by atoms with Crippen LogP contribution in [-0.2, 0) is 6.54 Å². The fraction of sp³-hybridized carbons (Fsp3) is 0.214. The summed E-state index contributed by atoms with van der Waals surface area (Å²) in [6.07, 6.45) is 0. The maximum absolute atomic E-state index is 12.3. The number of halogens is 1. The monoisotopic (exact) mass is 338 g/mol. The third-order valence-electron chi connectivity index (χ3n) is 2.81. The number of carbonyl (C=O) groups excluding carboxylic acids is 1. The summed E-state index contributed by atoms with van der Waals surface area (Å²) < 4.78 is 1.08. The van der Waals surface area contributed by atoms with E-state index in [-0.39, 0.29) is 5.91 Å². The van der Waals surface area contributed by atoms with E-state index < -0.39 is 0 Å². The Morgan fingerprint density at radius 1 is 1.37 bits per heavy atom. The number of nitrogens with one attached hydrogen (secondary N) is 1. The van der Waals surface area contributed by atoms with Crippen LogP contribution in [0, 0.1) is 0 Å². The maximum Gasteiger partial charge on any atom is 0.253 e. The molecule has 0 unspecified atom stereocenters. The maximum atomic E-state index is 12.3. The highest BCUT2D eigenvalue weighted by Gasteiger charge is 2.12. The Bertz CT molecular complexity index is 565. The summed E-state index contributed by atoms with van der Waals surface area (Å²) in [5.74, 6) is 0.0324. The predicted octanol–water partition coefficient (Wildman–Crippen LogP) is 3.82. The van der Waals surface area contributed by atoms with Crippen LogP contribution >= 0.6 is 27.3 Å². The highest BCUT2D eigenvalue weighted by Crippen LogP contribution is 2.22. The van der Waals surface area contributed by atoms with Gasteiger partial charge >= 0.3 is 0 Å². The van der Waals surface area contributed by atoms with Crippen LogP contribution in [-0.4, -0.2) is 24.9 Å². The lowest BCUT2D eigenvalue weighted by atomic mass is 10.1. The highest BCUT2D eigenvalue weighted by atomic mass is 79.9.